The first-order chi connectivity index (χ1) is 13.3. The minimum absolute atomic E-state index is 0.112. The molecule has 0 spiro atoms. The van der Waals surface area contributed by atoms with Crippen molar-refractivity contribution in [2.24, 2.45) is 0 Å². The van der Waals surface area contributed by atoms with Gasteiger partial charge in [0, 0.05) is 38.6 Å². The normalized spacial score (nSPS) is 16.8. The summed E-state index contributed by atoms with van der Waals surface area (Å²) in [5.41, 5.74) is 0.608. The van der Waals surface area contributed by atoms with Crippen LogP contribution in [-0.2, 0) is 9.53 Å². The molecule has 1 atom stereocenters. The Morgan fingerprint density at radius 1 is 1.18 bits per heavy atom. The first-order valence-electron chi connectivity index (χ1n) is 9.83. The molecule has 1 unspecified atom stereocenters. The molecule has 0 saturated carbocycles. The van der Waals surface area contributed by atoms with Crippen molar-refractivity contribution >= 4 is 12.5 Å². The number of hydrogen-bond acceptors (Lipinski definition) is 5. The molecule has 156 valence electrons. The minimum atomic E-state index is -0.525. The number of ether oxygens (including phenoxy) is 2. The van der Waals surface area contributed by atoms with Crippen LogP contribution in [0.15, 0.2) is 24.3 Å². The van der Waals surface area contributed by atoms with E-state index >= 15 is 0 Å². The van der Waals surface area contributed by atoms with Gasteiger partial charge in [-0.2, -0.15) is 0 Å². The fourth-order valence-corrected chi connectivity index (χ4v) is 3.28. The lowest BCUT2D eigenvalue weighted by Crippen LogP contribution is -2.39. The van der Waals surface area contributed by atoms with Gasteiger partial charge in [0.05, 0.1) is 7.11 Å². The van der Waals surface area contributed by atoms with Crippen LogP contribution in [0.5, 0.6) is 5.75 Å². The van der Waals surface area contributed by atoms with Gasteiger partial charge >= 0.3 is 6.09 Å². The van der Waals surface area contributed by atoms with Gasteiger partial charge in [0.1, 0.15) is 11.4 Å². The Hall–Kier alpha value is -2.28. The summed E-state index contributed by atoms with van der Waals surface area (Å²) in [6.07, 6.45) is 1.47. The van der Waals surface area contributed by atoms with Gasteiger partial charge in [-0.3, -0.25) is 4.79 Å². The predicted molar refractivity (Wildman–Crippen MR) is 109 cm³/mol. The van der Waals surface area contributed by atoms with Gasteiger partial charge in [-0.15, -0.1) is 0 Å². The van der Waals surface area contributed by atoms with E-state index in [0.29, 0.717) is 6.54 Å². The maximum absolute atomic E-state index is 12.1. The second-order valence-corrected chi connectivity index (χ2v) is 8.15. The topological polar surface area (TPSA) is 71.1 Å². The lowest BCUT2D eigenvalue weighted by molar-refractivity contribution is -0.118. The molecule has 28 heavy (non-hydrogen) atoms. The van der Waals surface area contributed by atoms with E-state index in [1.54, 1.807) is 7.11 Å². The third-order valence-electron chi connectivity index (χ3n) is 4.73. The fourth-order valence-electron chi connectivity index (χ4n) is 3.28. The Balaban J connectivity index is 2.04. The highest BCUT2D eigenvalue weighted by molar-refractivity contribution is 5.67. The Morgan fingerprint density at radius 2 is 1.89 bits per heavy atom. The third-order valence-corrected chi connectivity index (χ3v) is 4.73. The van der Waals surface area contributed by atoms with Crippen LogP contribution < -0.4 is 10.1 Å². The van der Waals surface area contributed by atoms with E-state index < -0.39 is 11.7 Å². The van der Waals surface area contributed by atoms with Crippen LogP contribution in [-0.4, -0.2) is 74.3 Å². The molecule has 7 heteroatoms. The Kier molecular flexibility index (Phi) is 8.11. The summed E-state index contributed by atoms with van der Waals surface area (Å²) in [7, 11) is 1.65. The van der Waals surface area contributed by atoms with Crippen LogP contribution in [0.25, 0.3) is 0 Å². The molecule has 1 saturated heterocycles. The minimum Gasteiger partial charge on any atom is -0.497 e. The van der Waals surface area contributed by atoms with Crippen LogP contribution in [0.4, 0.5) is 4.79 Å². The number of nitrogens with zero attached hydrogens (tertiary/aromatic N) is 2. The SMILES string of the molecule is COc1ccc(C(CNC(=O)OC(C)(C)C)CN2CCCN(C=O)CC2)cc1. The number of hydrogen-bond donors (Lipinski definition) is 1. The summed E-state index contributed by atoms with van der Waals surface area (Å²) in [4.78, 5) is 27.3. The summed E-state index contributed by atoms with van der Waals surface area (Å²) in [5.74, 6) is 0.917. The fraction of sp³-hybridized carbons (Fsp3) is 0.619. The van der Waals surface area contributed by atoms with E-state index in [1.807, 2.05) is 49.9 Å². The van der Waals surface area contributed by atoms with E-state index in [4.69, 9.17) is 9.47 Å². The van der Waals surface area contributed by atoms with Gasteiger partial charge in [-0.05, 0) is 51.4 Å². The molecule has 1 aliphatic heterocycles. The molecule has 1 heterocycles. The Bertz CT molecular complexity index is 628. The second kappa shape index (κ2) is 10.3. The molecule has 0 radical (unpaired) electrons. The van der Waals surface area contributed by atoms with Crippen LogP contribution in [0, 0.1) is 0 Å². The molecule has 2 amide bonds. The summed E-state index contributed by atoms with van der Waals surface area (Å²) in [5, 5.41) is 2.91. The maximum atomic E-state index is 12.1. The van der Waals surface area contributed by atoms with Gasteiger partial charge in [-0.1, -0.05) is 12.1 Å². The smallest absolute Gasteiger partial charge is 0.407 e. The third kappa shape index (κ3) is 7.38. The molecule has 0 aliphatic carbocycles. The number of carbonyl (C=O) groups is 2. The van der Waals surface area contributed by atoms with Crippen molar-refractivity contribution in [2.45, 2.75) is 38.7 Å². The monoisotopic (exact) mass is 391 g/mol. The number of amides is 2. The summed E-state index contributed by atoms with van der Waals surface area (Å²) in [6, 6.07) is 7.95. The molecular formula is C21H33N3O4. The zero-order valence-corrected chi connectivity index (χ0v) is 17.4. The lowest BCUT2D eigenvalue weighted by Gasteiger charge is -2.27. The highest BCUT2D eigenvalue weighted by Gasteiger charge is 2.22. The largest absolute Gasteiger partial charge is 0.497 e. The molecule has 1 aromatic carbocycles. The number of benzene rings is 1. The molecule has 0 bridgehead atoms. The number of alkyl carbamates (subject to hydrolysis) is 1. The summed E-state index contributed by atoms with van der Waals surface area (Å²) >= 11 is 0. The Morgan fingerprint density at radius 3 is 2.50 bits per heavy atom. The van der Waals surface area contributed by atoms with Crippen molar-refractivity contribution in [3.05, 3.63) is 29.8 Å². The highest BCUT2D eigenvalue weighted by Crippen LogP contribution is 2.21. The average molecular weight is 392 g/mol. The number of methoxy groups -OCH3 is 1. The highest BCUT2D eigenvalue weighted by atomic mass is 16.6. The van der Waals surface area contributed by atoms with E-state index in [1.165, 1.54) is 0 Å². The van der Waals surface area contributed by atoms with Crippen molar-refractivity contribution < 1.29 is 19.1 Å². The zero-order chi connectivity index (χ0) is 20.6. The van der Waals surface area contributed by atoms with Crippen LogP contribution in [0.3, 0.4) is 0 Å². The molecule has 0 aromatic heterocycles. The zero-order valence-electron chi connectivity index (χ0n) is 17.4. The van der Waals surface area contributed by atoms with Crippen molar-refractivity contribution in [1.29, 1.82) is 0 Å². The van der Waals surface area contributed by atoms with Crippen molar-refractivity contribution in [1.82, 2.24) is 15.1 Å². The number of rotatable bonds is 7. The van der Waals surface area contributed by atoms with Gasteiger partial charge in [0.15, 0.2) is 0 Å². The van der Waals surface area contributed by atoms with Crippen molar-refractivity contribution in [2.75, 3.05) is 46.4 Å². The van der Waals surface area contributed by atoms with Gasteiger partial charge in [0.25, 0.3) is 0 Å². The van der Waals surface area contributed by atoms with E-state index in [-0.39, 0.29) is 5.92 Å². The maximum Gasteiger partial charge on any atom is 0.407 e. The molecular weight excluding hydrogens is 358 g/mol. The van der Waals surface area contributed by atoms with E-state index in [2.05, 4.69) is 10.2 Å². The average Bonchev–Trinajstić information content (AvgIpc) is 2.89. The summed E-state index contributed by atoms with van der Waals surface area (Å²) in [6.45, 7) is 10.1. The molecule has 1 N–H and O–H groups in total. The first kappa shape index (κ1) is 22.0. The second-order valence-electron chi connectivity index (χ2n) is 8.15. The van der Waals surface area contributed by atoms with Gasteiger partial charge in [-0.25, -0.2) is 4.79 Å². The standard InChI is InChI=1S/C21H33N3O4/c1-21(2,3)28-20(26)22-14-18(17-6-8-19(27-4)9-7-17)15-23-10-5-11-24(16-25)13-12-23/h6-9,16,18H,5,10-15H2,1-4H3,(H,22,26). The molecule has 1 aliphatic rings. The molecule has 7 nitrogen and oxygen atoms in total. The number of nitrogens with one attached hydrogen (secondary N) is 1. The van der Waals surface area contributed by atoms with E-state index in [9.17, 15) is 9.59 Å². The number of carbonyl (C=O) groups excluding carboxylic acids is 2. The van der Waals surface area contributed by atoms with E-state index in [0.717, 1.165) is 56.9 Å². The molecule has 1 fully saturated rings. The van der Waals surface area contributed by atoms with Crippen molar-refractivity contribution in [3.63, 3.8) is 0 Å². The van der Waals surface area contributed by atoms with Crippen LogP contribution in [0.1, 0.15) is 38.7 Å². The van der Waals surface area contributed by atoms with Gasteiger partial charge in [0.2, 0.25) is 6.41 Å². The van der Waals surface area contributed by atoms with Gasteiger partial charge < -0.3 is 24.6 Å². The molecule has 1 aromatic rings. The quantitative estimate of drug-likeness (QED) is 0.723. The van der Waals surface area contributed by atoms with Crippen molar-refractivity contribution in [3.8, 4) is 5.75 Å². The van der Waals surface area contributed by atoms with Crippen LogP contribution >= 0.6 is 0 Å². The first-order valence-corrected chi connectivity index (χ1v) is 9.83. The molecule has 2 rings (SSSR count). The summed E-state index contributed by atoms with van der Waals surface area (Å²) < 4.78 is 10.6. The van der Waals surface area contributed by atoms with Crippen LogP contribution in [0.2, 0.25) is 0 Å². The predicted octanol–water partition coefficient (Wildman–Crippen LogP) is 2.47. The lowest BCUT2D eigenvalue weighted by atomic mass is 9.98. The Labute approximate surface area is 168 Å².